The van der Waals surface area contributed by atoms with Gasteiger partial charge >= 0.3 is 6.09 Å². The summed E-state index contributed by atoms with van der Waals surface area (Å²) in [5.74, 6) is 0.474. The summed E-state index contributed by atoms with van der Waals surface area (Å²) in [5, 5.41) is 2.67. The van der Waals surface area contributed by atoms with Gasteiger partial charge in [0.1, 0.15) is 24.2 Å². The van der Waals surface area contributed by atoms with Crippen LogP contribution in [0, 0.1) is 11.8 Å². The normalized spacial score (nSPS) is 22.4. The lowest BCUT2D eigenvalue weighted by atomic mass is 10.0. The van der Waals surface area contributed by atoms with Crippen LogP contribution < -0.4 is 10.1 Å². The molecule has 0 aliphatic carbocycles. The fourth-order valence-corrected chi connectivity index (χ4v) is 9.87. The molecule has 1 aromatic carbocycles. The van der Waals surface area contributed by atoms with Gasteiger partial charge in [0.05, 0.1) is 37.2 Å². The number of ether oxygens (including phenoxy) is 4. The van der Waals surface area contributed by atoms with Gasteiger partial charge in [0.2, 0.25) is 10.0 Å². The molecule has 0 bridgehead atoms. The molecule has 1 N–H and O–H groups in total. The highest BCUT2D eigenvalue weighted by Gasteiger charge is 2.44. The molecule has 1 aromatic rings. The third kappa shape index (κ3) is 8.29. The molecule has 0 saturated carbocycles. The van der Waals surface area contributed by atoms with Crippen LogP contribution >= 0.6 is 0 Å². The molecule has 2 aliphatic heterocycles. The van der Waals surface area contributed by atoms with E-state index >= 15 is 0 Å². The van der Waals surface area contributed by atoms with E-state index < -0.39 is 42.7 Å². The van der Waals surface area contributed by atoms with E-state index in [1.54, 1.807) is 12.1 Å². The lowest BCUT2D eigenvalue weighted by molar-refractivity contribution is -0.111. The first kappa shape index (κ1) is 33.5. The van der Waals surface area contributed by atoms with Gasteiger partial charge in [0.15, 0.2) is 14.6 Å². The van der Waals surface area contributed by atoms with Crippen LogP contribution in [-0.2, 0) is 33.5 Å². The van der Waals surface area contributed by atoms with E-state index in [1.165, 1.54) is 23.5 Å². The van der Waals surface area contributed by atoms with Gasteiger partial charge in [0.25, 0.3) is 0 Å². The monoisotopic (exact) mass is 614 g/mol. The number of methoxy groups -OCH3 is 1. The highest BCUT2D eigenvalue weighted by Crippen LogP contribution is 2.33. The highest BCUT2D eigenvalue weighted by atomic mass is 32.2. The topological polar surface area (TPSA) is 130 Å². The van der Waals surface area contributed by atoms with Crippen molar-refractivity contribution < 1.29 is 41.4 Å². The van der Waals surface area contributed by atoms with Crippen molar-refractivity contribution in [2.45, 2.75) is 88.6 Å². The minimum atomic E-state index is -3.97. The Morgan fingerprint density at radius 1 is 1.12 bits per heavy atom. The molecule has 13 heteroatoms. The van der Waals surface area contributed by atoms with Gasteiger partial charge in [0, 0.05) is 13.1 Å². The minimum Gasteiger partial charge on any atom is -0.497 e. The van der Waals surface area contributed by atoms with Crippen LogP contribution in [0.2, 0.25) is 18.1 Å². The first-order valence-corrected chi connectivity index (χ1v) is 18.5. The Labute approximate surface area is 245 Å². The largest absolute Gasteiger partial charge is 0.497 e. The van der Waals surface area contributed by atoms with Crippen molar-refractivity contribution in [2.24, 2.45) is 11.8 Å². The second-order valence-corrected chi connectivity index (χ2v) is 17.7. The number of sulfonamides is 1. The summed E-state index contributed by atoms with van der Waals surface area (Å²) in [5.41, 5.74) is 0. The summed E-state index contributed by atoms with van der Waals surface area (Å²) in [6, 6.07) is 7.40. The number of fused-ring (bicyclic) bond motifs is 1. The van der Waals surface area contributed by atoms with Crippen LogP contribution in [0.1, 0.15) is 41.0 Å². The number of carbonyl (C=O) groups is 2. The van der Waals surface area contributed by atoms with Gasteiger partial charge in [-0.3, -0.25) is 0 Å². The number of benzene rings is 1. The summed E-state index contributed by atoms with van der Waals surface area (Å²) in [7, 11) is -4.80. The molecule has 2 aliphatic rings. The van der Waals surface area contributed by atoms with Crippen molar-refractivity contribution in [3.05, 3.63) is 24.3 Å². The highest BCUT2D eigenvalue weighted by molar-refractivity contribution is 7.89. The number of nitrogens with one attached hydrogen (secondary N) is 1. The number of rotatable bonds is 16. The molecule has 2 fully saturated rings. The van der Waals surface area contributed by atoms with Crippen LogP contribution in [0.4, 0.5) is 4.79 Å². The Bertz CT molecular complexity index is 1090. The number of nitrogens with zero attached hydrogens (tertiary/aromatic N) is 1. The maximum Gasteiger partial charge on any atom is 0.408 e. The number of hydrogen-bond donors (Lipinski definition) is 1. The van der Waals surface area contributed by atoms with Crippen molar-refractivity contribution in [3.8, 4) is 5.75 Å². The maximum absolute atomic E-state index is 13.9. The average Bonchev–Trinajstić information content (AvgIpc) is 3.58. The van der Waals surface area contributed by atoms with E-state index in [4.69, 9.17) is 23.4 Å². The Kier molecular flexibility index (Phi) is 12.2. The van der Waals surface area contributed by atoms with Crippen molar-refractivity contribution in [1.29, 1.82) is 0 Å². The summed E-state index contributed by atoms with van der Waals surface area (Å²) in [6.07, 6.45) is -1.24. The number of amides is 1. The van der Waals surface area contributed by atoms with E-state index in [2.05, 4.69) is 5.32 Å². The molecular formula is C28H46N2O9SSi. The molecule has 0 spiro atoms. The molecule has 41 heavy (non-hydrogen) atoms. The van der Waals surface area contributed by atoms with Gasteiger partial charge in [-0.1, -0.05) is 34.6 Å². The molecule has 5 atom stereocenters. The summed E-state index contributed by atoms with van der Waals surface area (Å²) in [4.78, 5) is 25.6. The summed E-state index contributed by atoms with van der Waals surface area (Å²) >= 11 is 0. The summed E-state index contributed by atoms with van der Waals surface area (Å²) < 4.78 is 57.7. The smallest absolute Gasteiger partial charge is 0.408 e. The minimum absolute atomic E-state index is 0.00857. The van der Waals surface area contributed by atoms with E-state index in [0.717, 1.165) is 24.6 Å². The van der Waals surface area contributed by atoms with Crippen molar-refractivity contribution in [2.75, 3.05) is 33.4 Å². The van der Waals surface area contributed by atoms with Gasteiger partial charge in [-0.2, -0.15) is 4.31 Å². The van der Waals surface area contributed by atoms with Crippen molar-refractivity contribution in [3.63, 3.8) is 0 Å². The summed E-state index contributed by atoms with van der Waals surface area (Å²) in [6.45, 7) is 10.8. The van der Waals surface area contributed by atoms with Gasteiger partial charge < -0.3 is 33.5 Å². The van der Waals surface area contributed by atoms with E-state index in [0.29, 0.717) is 18.6 Å². The Hall–Kier alpha value is -2.03. The SMILES string of the molecule is CC[Si](CC)(CC)O[C@H](CN(CC(C)C)S(=O)(=O)c1ccc(OC)cc1)C(C=O)NC(=O)O[C@H]1CO[C@H]2OCC[C@H]21. The van der Waals surface area contributed by atoms with Gasteiger partial charge in [-0.15, -0.1) is 0 Å². The van der Waals surface area contributed by atoms with Gasteiger partial charge in [-0.25, -0.2) is 13.2 Å². The zero-order chi connectivity index (χ0) is 30.2. The Balaban J connectivity index is 1.88. The average molecular weight is 615 g/mol. The third-order valence-corrected chi connectivity index (χ3v) is 14.6. The molecule has 2 saturated heterocycles. The standard InChI is InChI=1S/C28H46N2O9SSi/c1-7-41(8-2,9-3)39-25(24(18-31)29-28(32)38-26-19-37-27-23(26)14-15-36-27)17-30(16-20(4)5)40(33,34)22-12-10-21(35-6)11-13-22/h10-13,18,20,23-27H,7-9,14-17,19H2,1-6H3,(H,29,32)/t23-,24?,25+,26-,27+/m0/s1. The van der Waals surface area contributed by atoms with Crippen LogP contribution in [0.5, 0.6) is 5.75 Å². The molecule has 11 nitrogen and oxygen atoms in total. The van der Waals surface area contributed by atoms with Gasteiger partial charge in [-0.05, 0) is 54.7 Å². The first-order chi connectivity index (χ1) is 19.5. The van der Waals surface area contributed by atoms with Crippen molar-refractivity contribution >= 4 is 30.7 Å². The van der Waals surface area contributed by atoms with Crippen LogP contribution in [0.25, 0.3) is 0 Å². The maximum atomic E-state index is 13.9. The Morgan fingerprint density at radius 3 is 2.34 bits per heavy atom. The first-order valence-electron chi connectivity index (χ1n) is 14.5. The molecule has 1 unspecified atom stereocenters. The van der Waals surface area contributed by atoms with E-state index in [-0.39, 0.29) is 42.7 Å². The molecule has 2 heterocycles. The molecule has 1 amide bonds. The van der Waals surface area contributed by atoms with Crippen LogP contribution in [0.15, 0.2) is 29.2 Å². The van der Waals surface area contributed by atoms with E-state index in [9.17, 15) is 18.0 Å². The van der Waals surface area contributed by atoms with Crippen LogP contribution in [0.3, 0.4) is 0 Å². The number of carbonyl (C=O) groups excluding carboxylic acids is 2. The fraction of sp³-hybridized carbons (Fsp3) is 0.714. The molecule has 0 radical (unpaired) electrons. The molecular weight excluding hydrogens is 568 g/mol. The lowest BCUT2D eigenvalue weighted by Crippen LogP contribution is -2.56. The zero-order valence-corrected chi connectivity index (χ0v) is 26.9. The second kappa shape index (κ2) is 14.9. The number of alkyl carbamates (subject to hydrolysis) is 1. The Morgan fingerprint density at radius 2 is 1.78 bits per heavy atom. The quantitative estimate of drug-likeness (QED) is 0.218. The van der Waals surface area contributed by atoms with Crippen LogP contribution in [-0.4, -0.2) is 91.4 Å². The third-order valence-electron chi connectivity index (χ3n) is 8.06. The molecule has 3 rings (SSSR count). The molecule has 0 aromatic heterocycles. The second-order valence-electron chi connectivity index (χ2n) is 11.1. The predicted molar refractivity (Wildman–Crippen MR) is 156 cm³/mol. The number of aldehydes is 1. The van der Waals surface area contributed by atoms with E-state index in [1.807, 2.05) is 34.6 Å². The zero-order valence-electron chi connectivity index (χ0n) is 25.0. The fourth-order valence-electron chi connectivity index (χ4n) is 5.39. The van der Waals surface area contributed by atoms with Crippen molar-refractivity contribution in [1.82, 2.24) is 9.62 Å². The lowest BCUT2D eigenvalue weighted by Gasteiger charge is -2.38. The number of hydrogen-bond acceptors (Lipinski definition) is 9. The predicted octanol–water partition coefficient (Wildman–Crippen LogP) is 3.79. The molecule has 232 valence electrons.